The first-order valence-electron chi connectivity index (χ1n) is 6.38. The molecule has 2 aromatic rings. The van der Waals surface area contributed by atoms with Crippen molar-refractivity contribution < 1.29 is 9.18 Å². The Bertz CT molecular complexity index is 608. The van der Waals surface area contributed by atoms with Crippen molar-refractivity contribution in [2.75, 3.05) is 17.2 Å². The number of nitrogens with one attached hydrogen (secondary N) is 2. The molecule has 104 valence electrons. The number of carbonyl (C=O) groups excluding carboxylic acids is 1. The molecule has 2 N–H and O–H groups in total. The average molecular weight is 273 g/mol. The predicted octanol–water partition coefficient (Wildman–Crippen LogP) is 3.21. The summed E-state index contributed by atoms with van der Waals surface area (Å²) in [6.45, 7) is 4.40. The summed E-state index contributed by atoms with van der Waals surface area (Å²) in [4.78, 5) is 16.2. The Balaban J connectivity index is 2.22. The lowest BCUT2D eigenvalue weighted by molar-refractivity contribution is 0.102. The average Bonchev–Trinajstić information content (AvgIpc) is 2.43. The number of benzene rings is 1. The Labute approximate surface area is 117 Å². The van der Waals surface area contributed by atoms with Gasteiger partial charge in [0.25, 0.3) is 5.91 Å². The number of halogens is 1. The number of hydrogen-bond acceptors (Lipinski definition) is 3. The van der Waals surface area contributed by atoms with Gasteiger partial charge in [-0.2, -0.15) is 0 Å². The summed E-state index contributed by atoms with van der Waals surface area (Å²) in [6, 6.07) is 7.89. The van der Waals surface area contributed by atoms with Gasteiger partial charge in [0.2, 0.25) is 0 Å². The van der Waals surface area contributed by atoms with Crippen LogP contribution < -0.4 is 10.6 Å². The van der Waals surface area contributed by atoms with E-state index in [4.69, 9.17) is 0 Å². The topological polar surface area (TPSA) is 54.0 Å². The highest BCUT2D eigenvalue weighted by Gasteiger charge is 2.11. The van der Waals surface area contributed by atoms with Crippen molar-refractivity contribution in [3.05, 3.63) is 53.5 Å². The fourth-order valence-corrected chi connectivity index (χ4v) is 1.83. The second kappa shape index (κ2) is 6.14. The SMILES string of the molecule is CCNc1cc(C(=O)Nc2c(C)cccc2F)ccn1. The number of hydrogen-bond donors (Lipinski definition) is 2. The molecule has 0 aliphatic rings. The van der Waals surface area contributed by atoms with Gasteiger partial charge in [-0.15, -0.1) is 0 Å². The van der Waals surface area contributed by atoms with Crippen LogP contribution in [0, 0.1) is 12.7 Å². The van der Waals surface area contributed by atoms with E-state index in [1.54, 1.807) is 37.4 Å². The van der Waals surface area contributed by atoms with Crippen LogP contribution in [0.4, 0.5) is 15.9 Å². The van der Waals surface area contributed by atoms with Crippen molar-refractivity contribution in [1.82, 2.24) is 4.98 Å². The summed E-state index contributed by atoms with van der Waals surface area (Å²) in [6.07, 6.45) is 1.54. The van der Waals surface area contributed by atoms with E-state index in [1.165, 1.54) is 6.07 Å². The van der Waals surface area contributed by atoms with Crippen LogP contribution in [0.15, 0.2) is 36.5 Å². The molecule has 0 saturated carbocycles. The minimum atomic E-state index is -0.445. The van der Waals surface area contributed by atoms with E-state index >= 15 is 0 Å². The number of pyridine rings is 1. The van der Waals surface area contributed by atoms with Crippen molar-refractivity contribution in [2.24, 2.45) is 0 Å². The molecular formula is C15H16FN3O. The Hall–Kier alpha value is -2.43. The molecule has 0 aliphatic heterocycles. The number of aromatic nitrogens is 1. The fourth-order valence-electron chi connectivity index (χ4n) is 1.83. The molecule has 0 aliphatic carbocycles. The predicted molar refractivity (Wildman–Crippen MR) is 77.5 cm³/mol. The first-order valence-corrected chi connectivity index (χ1v) is 6.38. The number of carbonyl (C=O) groups is 1. The van der Waals surface area contributed by atoms with Crippen molar-refractivity contribution in [3.63, 3.8) is 0 Å². The van der Waals surface area contributed by atoms with E-state index in [9.17, 15) is 9.18 Å². The van der Waals surface area contributed by atoms with Gasteiger partial charge in [0.05, 0.1) is 5.69 Å². The lowest BCUT2D eigenvalue weighted by atomic mass is 10.1. The van der Waals surface area contributed by atoms with Gasteiger partial charge in [-0.05, 0) is 37.6 Å². The Morgan fingerprint density at radius 1 is 1.35 bits per heavy atom. The summed E-state index contributed by atoms with van der Waals surface area (Å²) in [5.74, 6) is -0.190. The molecule has 4 nitrogen and oxygen atoms in total. The molecule has 0 atom stereocenters. The third kappa shape index (κ3) is 3.12. The van der Waals surface area contributed by atoms with Gasteiger partial charge < -0.3 is 10.6 Å². The lowest BCUT2D eigenvalue weighted by Crippen LogP contribution is -2.14. The van der Waals surface area contributed by atoms with E-state index in [-0.39, 0.29) is 11.6 Å². The number of aryl methyl sites for hydroxylation is 1. The number of anilines is 2. The molecule has 0 spiro atoms. The Morgan fingerprint density at radius 2 is 2.15 bits per heavy atom. The quantitative estimate of drug-likeness (QED) is 0.899. The molecule has 1 heterocycles. The van der Waals surface area contributed by atoms with Gasteiger partial charge in [-0.3, -0.25) is 4.79 Å². The summed E-state index contributed by atoms with van der Waals surface area (Å²) in [5.41, 5.74) is 1.32. The van der Waals surface area contributed by atoms with Crippen molar-refractivity contribution in [3.8, 4) is 0 Å². The minimum Gasteiger partial charge on any atom is -0.370 e. The van der Waals surface area contributed by atoms with Crippen LogP contribution in [-0.4, -0.2) is 17.4 Å². The molecule has 2 rings (SSSR count). The fraction of sp³-hybridized carbons (Fsp3) is 0.200. The van der Waals surface area contributed by atoms with Crippen LogP contribution in [-0.2, 0) is 0 Å². The second-order valence-corrected chi connectivity index (χ2v) is 4.35. The number of rotatable bonds is 4. The highest BCUT2D eigenvalue weighted by molar-refractivity contribution is 6.05. The maximum Gasteiger partial charge on any atom is 0.255 e. The maximum atomic E-state index is 13.7. The first-order chi connectivity index (χ1) is 9.61. The van der Waals surface area contributed by atoms with Crippen LogP contribution in [0.5, 0.6) is 0 Å². The van der Waals surface area contributed by atoms with Crippen LogP contribution in [0.1, 0.15) is 22.8 Å². The minimum absolute atomic E-state index is 0.208. The molecule has 0 saturated heterocycles. The van der Waals surface area contributed by atoms with E-state index in [2.05, 4.69) is 15.6 Å². The third-order valence-corrected chi connectivity index (χ3v) is 2.84. The third-order valence-electron chi connectivity index (χ3n) is 2.84. The second-order valence-electron chi connectivity index (χ2n) is 4.35. The highest BCUT2D eigenvalue weighted by Crippen LogP contribution is 2.20. The molecule has 1 amide bonds. The summed E-state index contributed by atoms with van der Waals surface area (Å²) in [5, 5.41) is 5.62. The lowest BCUT2D eigenvalue weighted by Gasteiger charge is -2.10. The molecule has 0 unspecified atom stereocenters. The summed E-state index contributed by atoms with van der Waals surface area (Å²) < 4.78 is 13.7. The van der Waals surface area contributed by atoms with Gasteiger partial charge in [-0.25, -0.2) is 9.37 Å². The number of amides is 1. The first kappa shape index (κ1) is 14.0. The maximum absolute atomic E-state index is 13.7. The van der Waals surface area contributed by atoms with Crippen LogP contribution in [0.2, 0.25) is 0 Å². The zero-order valence-corrected chi connectivity index (χ0v) is 11.4. The largest absolute Gasteiger partial charge is 0.370 e. The van der Waals surface area contributed by atoms with Crippen molar-refractivity contribution in [2.45, 2.75) is 13.8 Å². The number of para-hydroxylation sites is 1. The summed E-state index contributed by atoms with van der Waals surface area (Å²) >= 11 is 0. The normalized spacial score (nSPS) is 10.2. The smallest absolute Gasteiger partial charge is 0.255 e. The van der Waals surface area contributed by atoms with Crippen LogP contribution in [0.3, 0.4) is 0 Å². The Kier molecular flexibility index (Phi) is 4.30. The van der Waals surface area contributed by atoms with E-state index in [0.717, 1.165) is 0 Å². The number of nitrogens with zero attached hydrogens (tertiary/aromatic N) is 1. The molecule has 0 radical (unpaired) electrons. The van der Waals surface area contributed by atoms with Crippen LogP contribution in [0.25, 0.3) is 0 Å². The van der Waals surface area contributed by atoms with Gasteiger partial charge in [0.1, 0.15) is 11.6 Å². The Morgan fingerprint density at radius 3 is 2.85 bits per heavy atom. The van der Waals surface area contributed by atoms with Gasteiger partial charge in [-0.1, -0.05) is 12.1 Å². The molecule has 1 aromatic heterocycles. The monoisotopic (exact) mass is 273 g/mol. The van der Waals surface area contributed by atoms with Gasteiger partial charge in [0.15, 0.2) is 0 Å². The summed E-state index contributed by atoms with van der Waals surface area (Å²) in [7, 11) is 0. The molecule has 20 heavy (non-hydrogen) atoms. The molecule has 5 heteroatoms. The van der Waals surface area contributed by atoms with E-state index in [1.807, 2.05) is 6.92 Å². The zero-order valence-electron chi connectivity index (χ0n) is 11.4. The molecule has 1 aromatic carbocycles. The van der Waals surface area contributed by atoms with Crippen LogP contribution >= 0.6 is 0 Å². The van der Waals surface area contributed by atoms with Gasteiger partial charge in [0, 0.05) is 18.3 Å². The zero-order chi connectivity index (χ0) is 14.5. The van der Waals surface area contributed by atoms with E-state index < -0.39 is 5.82 Å². The standard InChI is InChI=1S/C15H16FN3O/c1-3-17-13-9-11(7-8-18-13)15(20)19-14-10(2)5-4-6-12(14)16/h4-9H,3H2,1-2H3,(H,17,18)(H,19,20). The molecule has 0 bridgehead atoms. The molecule has 0 fully saturated rings. The van der Waals surface area contributed by atoms with Crippen molar-refractivity contribution in [1.29, 1.82) is 0 Å². The molecular weight excluding hydrogens is 257 g/mol. The van der Waals surface area contributed by atoms with Gasteiger partial charge >= 0.3 is 0 Å². The van der Waals surface area contributed by atoms with Crippen molar-refractivity contribution >= 4 is 17.4 Å². The van der Waals surface area contributed by atoms with E-state index in [0.29, 0.717) is 23.5 Å². The highest BCUT2D eigenvalue weighted by atomic mass is 19.1.